The first kappa shape index (κ1) is 16.4. The third-order valence-corrected chi connectivity index (χ3v) is 3.16. The number of hydrogen-bond acceptors (Lipinski definition) is 5. The first-order valence-electron chi connectivity index (χ1n) is 5.39. The van der Waals surface area contributed by atoms with Crippen LogP contribution < -0.4 is 5.73 Å². The Morgan fingerprint density at radius 1 is 1.55 bits per heavy atom. The number of nitrogens with two attached hydrogens (primary N) is 1. The predicted octanol–water partition coefficient (Wildman–Crippen LogP) is 1.25. The summed E-state index contributed by atoms with van der Waals surface area (Å²) >= 11 is 1.03. The van der Waals surface area contributed by atoms with Gasteiger partial charge in [0.05, 0.1) is 6.04 Å². The van der Waals surface area contributed by atoms with Gasteiger partial charge in [0.15, 0.2) is 0 Å². The second-order valence-corrected chi connectivity index (χ2v) is 4.92. The molecule has 0 aliphatic heterocycles. The lowest BCUT2D eigenvalue weighted by molar-refractivity contribution is -0.149. The molecule has 0 bridgehead atoms. The Morgan fingerprint density at radius 3 is 2.55 bits per heavy atom. The molecule has 0 saturated carbocycles. The van der Waals surface area contributed by atoms with Crippen LogP contribution in [0.1, 0.15) is 28.5 Å². The van der Waals surface area contributed by atoms with E-state index in [1.807, 2.05) is 0 Å². The molecule has 1 unspecified atom stereocenters. The van der Waals surface area contributed by atoms with Crippen LogP contribution in [0.4, 0.5) is 13.2 Å². The normalized spacial score (nSPS) is 13.1. The molecular formula is C10H12F3N3O3S. The van der Waals surface area contributed by atoms with Crippen LogP contribution >= 0.6 is 11.3 Å². The first-order valence-corrected chi connectivity index (χ1v) is 6.27. The molecule has 0 spiro atoms. The van der Waals surface area contributed by atoms with Gasteiger partial charge in [-0.2, -0.15) is 13.2 Å². The Bertz CT molecular complexity index is 501. The molecule has 10 heteroatoms. The van der Waals surface area contributed by atoms with Crippen LogP contribution in [0.2, 0.25) is 0 Å². The summed E-state index contributed by atoms with van der Waals surface area (Å²) in [6, 6.07) is -0.461. The number of thiazole rings is 1. The van der Waals surface area contributed by atoms with Gasteiger partial charge < -0.3 is 15.7 Å². The lowest BCUT2D eigenvalue weighted by atomic mass is 10.3. The third-order valence-electron chi connectivity index (χ3n) is 2.11. The van der Waals surface area contributed by atoms with E-state index in [1.165, 1.54) is 5.38 Å². The van der Waals surface area contributed by atoms with Crippen LogP contribution in [0.25, 0.3) is 0 Å². The highest BCUT2D eigenvalue weighted by Gasteiger charge is 2.35. The molecule has 0 fully saturated rings. The molecule has 6 nitrogen and oxygen atoms in total. The number of rotatable bonds is 5. The van der Waals surface area contributed by atoms with E-state index in [1.54, 1.807) is 6.92 Å². The van der Waals surface area contributed by atoms with Crippen molar-refractivity contribution in [2.45, 2.75) is 19.1 Å². The van der Waals surface area contributed by atoms with Gasteiger partial charge in [0.2, 0.25) is 0 Å². The Hall–Kier alpha value is -1.68. The highest BCUT2D eigenvalue weighted by Crippen LogP contribution is 2.20. The van der Waals surface area contributed by atoms with E-state index in [9.17, 15) is 22.8 Å². The SMILES string of the molecule is CC(N)c1nc(C(=O)N(CC(=O)O)CC(F)(F)F)cs1. The minimum absolute atomic E-state index is 0.183. The highest BCUT2D eigenvalue weighted by atomic mass is 32.1. The molecule has 1 aromatic rings. The molecule has 1 rings (SSSR count). The average molecular weight is 311 g/mol. The van der Waals surface area contributed by atoms with Crippen molar-refractivity contribution in [2.75, 3.05) is 13.1 Å². The van der Waals surface area contributed by atoms with Crippen molar-refractivity contribution in [3.63, 3.8) is 0 Å². The summed E-state index contributed by atoms with van der Waals surface area (Å²) in [5.74, 6) is -2.63. The molecule has 3 N–H and O–H groups in total. The van der Waals surface area contributed by atoms with Gasteiger partial charge in [-0.15, -0.1) is 11.3 Å². The smallest absolute Gasteiger partial charge is 0.406 e. The minimum atomic E-state index is -4.69. The van der Waals surface area contributed by atoms with Gasteiger partial charge in [-0.05, 0) is 6.92 Å². The largest absolute Gasteiger partial charge is 0.480 e. The number of aromatic nitrogens is 1. The maximum Gasteiger partial charge on any atom is 0.406 e. The van der Waals surface area contributed by atoms with Crippen molar-refractivity contribution in [1.82, 2.24) is 9.88 Å². The second kappa shape index (κ2) is 6.18. The van der Waals surface area contributed by atoms with Gasteiger partial charge in [-0.1, -0.05) is 0 Å². The summed E-state index contributed by atoms with van der Waals surface area (Å²) in [6.45, 7) is -1.09. The number of halogens is 3. The van der Waals surface area contributed by atoms with Gasteiger partial charge >= 0.3 is 12.1 Å². The fraction of sp³-hybridized carbons (Fsp3) is 0.500. The van der Waals surface area contributed by atoms with Crippen molar-refractivity contribution in [3.8, 4) is 0 Å². The summed E-state index contributed by atoms with van der Waals surface area (Å²) in [5, 5.41) is 10.2. The molecular weight excluding hydrogens is 299 g/mol. The third kappa shape index (κ3) is 4.78. The Morgan fingerprint density at radius 2 is 2.15 bits per heavy atom. The fourth-order valence-electron chi connectivity index (χ4n) is 1.34. The number of aliphatic carboxylic acids is 1. The molecule has 1 atom stereocenters. The zero-order valence-corrected chi connectivity index (χ0v) is 11.2. The maximum absolute atomic E-state index is 12.3. The van der Waals surface area contributed by atoms with Gasteiger partial charge in [0.25, 0.3) is 5.91 Å². The highest BCUT2D eigenvalue weighted by molar-refractivity contribution is 7.09. The Balaban J connectivity index is 2.93. The number of carbonyl (C=O) groups is 2. The lowest BCUT2D eigenvalue weighted by Crippen LogP contribution is -2.42. The van der Waals surface area contributed by atoms with E-state index >= 15 is 0 Å². The minimum Gasteiger partial charge on any atom is -0.480 e. The molecule has 0 aromatic carbocycles. The van der Waals surface area contributed by atoms with E-state index in [0.717, 1.165) is 11.3 Å². The van der Waals surface area contributed by atoms with Crippen molar-refractivity contribution in [2.24, 2.45) is 5.73 Å². The quantitative estimate of drug-likeness (QED) is 0.853. The number of alkyl halides is 3. The topological polar surface area (TPSA) is 96.5 Å². The molecule has 0 aliphatic rings. The molecule has 112 valence electrons. The lowest BCUT2D eigenvalue weighted by Gasteiger charge is -2.21. The van der Waals surface area contributed by atoms with Gasteiger partial charge in [-0.3, -0.25) is 9.59 Å². The van der Waals surface area contributed by atoms with Gasteiger partial charge in [0.1, 0.15) is 23.8 Å². The Kier molecular flexibility index (Phi) is 5.06. The standard InChI is InChI=1S/C10H12F3N3O3S/c1-5(14)8-15-6(3-20-8)9(19)16(2-7(17)18)4-10(11,12)13/h3,5H,2,4,14H2,1H3,(H,17,18). The summed E-state index contributed by atoms with van der Waals surface area (Å²) in [7, 11) is 0. The predicted molar refractivity (Wildman–Crippen MR) is 64.3 cm³/mol. The summed E-state index contributed by atoms with van der Waals surface area (Å²) < 4.78 is 37.0. The van der Waals surface area contributed by atoms with E-state index < -0.39 is 37.2 Å². The van der Waals surface area contributed by atoms with Gasteiger partial charge in [-0.25, -0.2) is 4.98 Å². The number of nitrogens with zero attached hydrogens (tertiary/aromatic N) is 2. The fourth-order valence-corrected chi connectivity index (χ4v) is 2.09. The van der Waals surface area contributed by atoms with Crippen molar-refractivity contribution >= 4 is 23.2 Å². The van der Waals surface area contributed by atoms with E-state index in [2.05, 4.69) is 4.98 Å². The van der Waals surface area contributed by atoms with E-state index in [-0.39, 0.29) is 10.6 Å². The first-order chi connectivity index (χ1) is 9.10. The summed E-state index contributed by atoms with van der Waals surface area (Å²) in [4.78, 5) is 26.4. The molecule has 1 aromatic heterocycles. The van der Waals surface area contributed by atoms with Crippen LogP contribution in [0, 0.1) is 0 Å². The number of amides is 1. The number of carboxylic acid groups (broad SMARTS) is 1. The molecule has 0 radical (unpaired) electrons. The molecule has 0 aliphatic carbocycles. The van der Waals surface area contributed by atoms with Crippen LogP contribution in [0.15, 0.2) is 5.38 Å². The molecule has 0 saturated heterocycles. The zero-order chi connectivity index (χ0) is 15.5. The van der Waals surface area contributed by atoms with Gasteiger partial charge in [0, 0.05) is 5.38 Å². The monoisotopic (exact) mass is 311 g/mol. The second-order valence-electron chi connectivity index (χ2n) is 4.03. The van der Waals surface area contributed by atoms with E-state index in [0.29, 0.717) is 5.01 Å². The van der Waals surface area contributed by atoms with E-state index in [4.69, 9.17) is 10.8 Å². The van der Waals surface area contributed by atoms with Crippen LogP contribution in [-0.2, 0) is 4.79 Å². The Labute approximate surface area is 116 Å². The zero-order valence-electron chi connectivity index (χ0n) is 10.3. The van der Waals surface area contributed by atoms with Crippen molar-refractivity contribution < 1.29 is 27.9 Å². The molecule has 20 heavy (non-hydrogen) atoms. The van der Waals surface area contributed by atoms with Crippen LogP contribution in [-0.4, -0.2) is 46.1 Å². The van der Waals surface area contributed by atoms with Crippen molar-refractivity contribution in [1.29, 1.82) is 0 Å². The van der Waals surface area contributed by atoms with Crippen molar-refractivity contribution in [3.05, 3.63) is 16.1 Å². The summed E-state index contributed by atoms with van der Waals surface area (Å²) in [5.41, 5.74) is 5.29. The summed E-state index contributed by atoms with van der Waals surface area (Å²) in [6.07, 6.45) is -4.69. The number of carbonyl (C=O) groups excluding carboxylic acids is 1. The van der Waals surface area contributed by atoms with Crippen LogP contribution in [0.5, 0.6) is 0 Å². The molecule has 1 heterocycles. The molecule has 1 amide bonds. The average Bonchev–Trinajstić information content (AvgIpc) is 2.73. The number of hydrogen-bond donors (Lipinski definition) is 2. The number of carboxylic acids is 1. The van der Waals surface area contributed by atoms with Crippen LogP contribution in [0.3, 0.4) is 0 Å². The maximum atomic E-state index is 12.3.